The maximum atomic E-state index is 13.0. The number of nitrogens with one attached hydrogen (secondary N) is 1. The molecule has 0 aromatic rings. The van der Waals surface area contributed by atoms with Crippen molar-refractivity contribution in [3.63, 3.8) is 0 Å². The minimum Gasteiger partial charge on any atom is -0.481 e. The maximum absolute atomic E-state index is 13.0. The molecule has 1 saturated carbocycles. The second-order valence-corrected chi connectivity index (χ2v) is 28.1. The Balaban J connectivity index is 1.06. The number of likely N-dealkylation sites (N-methyl/N-ethyl adjacent to an activating group) is 1. The van der Waals surface area contributed by atoms with E-state index in [2.05, 4.69) is 5.32 Å². The lowest BCUT2D eigenvalue weighted by Crippen LogP contribution is -2.67. The smallest absolute Gasteiger partial charge is 0.321 e. The van der Waals surface area contributed by atoms with Crippen LogP contribution in [0.15, 0.2) is 0 Å². The Kier molecular flexibility index (Phi) is 33.1. The van der Waals surface area contributed by atoms with Crippen LogP contribution in [-0.2, 0) is 90.2 Å². The van der Waals surface area contributed by atoms with Crippen LogP contribution in [0.25, 0.3) is 0 Å². The Bertz CT molecular complexity index is 2540. The summed E-state index contributed by atoms with van der Waals surface area (Å²) in [5.41, 5.74) is 0. The van der Waals surface area contributed by atoms with Gasteiger partial charge in [-0.05, 0) is 26.8 Å². The number of carboxylic acids is 2. The standard InChI is InChI=1S/C60H99NO38S2/c1-22(67)5-7-85-9-10-86-8-6-25(68)11-24(54(81)82)18-100-20-34-53-42(75)47(80)60(94-34)98-51-32(17-66)92-57(45(78)40(51)73)96-48-23(13-62)12-28(36(69)37(48)70)88-52-33(21-101-19-26(61-2)55(83)84)93-59(46(79)41(52)74)97-50-31(16-65)90-56(43(76)39(50)72)89-27-3-4-35(87-29(27)14-63)95-49-30(15-64)91-58(99-53)44(77)38(49)71/h23-24,26-53,56-66,69-80H,3-21H2,1-2H3,(H,81,82)(H,83,84)/t23?,24?,26-,27+,28-,29?,30?,31?,32?,33?,34?,35-,36-,37?,38-,39-,40-,41-,42-,43?,44?,45?,46?,47?,48-,49-,50-,51-,52-,53-,56+,57+,58-,59+,60-/m1/s1. The topological polar surface area (TPSA) is 603 Å². The van der Waals surface area contributed by atoms with Crippen molar-refractivity contribution < 1.29 is 187 Å². The fourth-order valence-electron chi connectivity index (χ4n) is 13.1. The van der Waals surface area contributed by atoms with E-state index in [-0.39, 0.29) is 75.2 Å². The molecule has 0 amide bonds. The number of aliphatic hydroxyl groups excluding tert-OH is 17. The number of aliphatic carboxylic acids is 2. The summed E-state index contributed by atoms with van der Waals surface area (Å²) in [5.74, 6) is -6.90. The van der Waals surface area contributed by atoms with E-state index < -0.39 is 284 Å². The van der Waals surface area contributed by atoms with Crippen LogP contribution in [0.3, 0.4) is 0 Å². The molecule has 20 saturated heterocycles. The van der Waals surface area contributed by atoms with Gasteiger partial charge in [-0.15, -0.1) is 0 Å². The SMILES string of the molecule is CN[C@H](CSCC1O[C@H]2O[C@@H]3C(CO)O[C@H](O[C@H]4CC[C@H](OC4CO)O[C@@H]4C(CO)O[C@H](O[C@@H]5C(CSCC(CC(=O)CCOCCOCCC(C)=O)C(=O)O)O[C@H](O[C@@H]6C(CO)O[C@@H](O[C@@H]7C(CO)C[C@@H](O[C@H]1[C@H](O)C2O)[C@@H](O)C7O)C(O)[C@H]6O)C(O)[C@H]5O)C(O)[C@H]4O)C(O)[C@H]3O)C(=O)O. The molecule has 0 radical (unpaired) electrons. The van der Waals surface area contributed by atoms with Crippen molar-refractivity contribution >= 4 is 47.0 Å². The van der Waals surface area contributed by atoms with E-state index in [4.69, 9.17) is 71.1 Å². The second-order valence-electron chi connectivity index (χ2n) is 26.0. The minimum absolute atomic E-state index is 0.0633. The molecule has 14 unspecified atom stereocenters. The van der Waals surface area contributed by atoms with Gasteiger partial charge in [-0.1, -0.05) is 0 Å². The first kappa shape index (κ1) is 84.3. The highest BCUT2D eigenvalue weighted by Crippen LogP contribution is 2.41. The third-order valence-corrected chi connectivity index (χ3v) is 21.2. The van der Waals surface area contributed by atoms with Gasteiger partial charge < -0.3 is 173 Å². The number of carboxylic acid groups (broad SMARTS) is 2. The summed E-state index contributed by atoms with van der Waals surface area (Å²) in [6, 6.07) is -1.12. The lowest BCUT2D eigenvalue weighted by Gasteiger charge is -2.50. The molecule has 101 heavy (non-hydrogen) atoms. The summed E-state index contributed by atoms with van der Waals surface area (Å²) in [5, 5.41) is 217. The summed E-state index contributed by atoms with van der Waals surface area (Å²) >= 11 is 1.79. The predicted molar refractivity (Wildman–Crippen MR) is 332 cm³/mol. The van der Waals surface area contributed by atoms with Crippen LogP contribution in [-0.4, -0.2) is 413 Å². The average molecular weight is 1510 g/mol. The van der Waals surface area contributed by atoms with Gasteiger partial charge in [-0.3, -0.25) is 19.2 Å². The van der Waals surface area contributed by atoms with Gasteiger partial charge in [0.25, 0.3) is 0 Å². The van der Waals surface area contributed by atoms with Gasteiger partial charge in [0, 0.05) is 61.2 Å². The number of hydrogen-bond donors (Lipinski definition) is 20. The van der Waals surface area contributed by atoms with Crippen molar-refractivity contribution in [2.24, 2.45) is 11.8 Å². The Labute approximate surface area is 586 Å². The Hall–Kier alpha value is -2.34. The fourth-order valence-corrected chi connectivity index (χ4v) is 15.4. The van der Waals surface area contributed by atoms with Crippen molar-refractivity contribution in [2.45, 2.75) is 248 Å². The van der Waals surface area contributed by atoms with Gasteiger partial charge in [0.15, 0.2) is 37.7 Å². The van der Waals surface area contributed by atoms with Crippen LogP contribution in [0, 0.1) is 11.8 Å². The molecule has 0 spiro atoms. The minimum atomic E-state index is -2.24. The number of carbonyl (C=O) groups excluding carboxylic acids is 2. The van der Waals surface area contributed by atoms with E-state index in [1.54, 1.807) is 0 Å². The highest BCUT2D eigenvalue weighted by Gasteiger charge is 2.58. The molecule has 20 heterocycles. The zero-order valence-corrected chi connectivity index (χ0v) is 56.8. The monoisotopic (exact) mass is 1510 g/mol. The van der Waals surface area contributed by atoms with E-state index in [1.807, 2.05) is 0 Å². The van der Waals surface area contributed by atoms with Gasteiger partial charge in [0.1, 0.15) is 146 Å². The molecule has 21 fully saturated rings. The van der Waals surface area contributed by atoms with Crippen LogP contribution in [0.4, 0.5) is 0 Å². The molecule has 20 N–H and O–H groups in total. The molecule has 21 rings (SSSR count). The molecular weight excluding hydrogens is 1410 g/mol. The quantitative estimate of drug-likeness (QED) is 0.0340. The van der Waals surface area contributed by atoms with Crippen molar-refractivity contribution in [3.8, 4) is 0 Å². The zero-order valence-electron chi connectivity index (χ0n) is 55.2. The summed E-state index contributed by atoms with van der Waals surface area (Å²) in [6.45, 7) is -2.91. The molecule has 41 heteroatoms. The zero-order chi connectivity index (χ0) is 73.7. The van der Waals surface area contributed by atoms with E-state index in [1.165, 1.54) is 14.0 Å². The number of ether oxygens (including phenoxy) is 15. The highest BCUT2D eigenvalue weighted by atomic mass is 32.2. The van der Waals surface area contributed by atoms with Crippen molar-refractivity contribution in [3.05, 3.63) is 0 Å². The molecule has 0 aromatic heterocycles. The third-order valence-electron chi connectivity index (χ3n) is 18.9. The molecule has 1 aliphatic carbocycles. The second kappa shape index (κ2) is 39.7. The fraction of sp³-hybridized carbons (Fsp3) is 0.933. The molecular formula is C60H99NO38S2. The predicted octanol–water partition coefficient (Wildman–Crippen LogP) is -10.3. The molecule has 14 bridgehead atoms. The first-order chi connectivity index (χ1) is 48.2. The van der Waals surface area contributed by atoms with Crippen LogP contribution in [0.5, 0.6) is 0 Å². The van der Waals surface area contributed by atoms with Crippen molar-refractivity contribution in [1.29, 1.82) is 0 Å². The number of ketones is 2. The molecule has 39 nitrogen and oxygen atoms in total. The summed E-state index contributed by atoms with van der Waals surface area (Å²) in [6.07, 6.45) is -60.6. The Morgan fingerprint density at radius 1 is 0.416 bits per heavy atom. The molecule has 35 atom stereocenters. The van der Waals surface area contributed by atoms with Crippen LogP contribution in [0.1, 0.15) is 45.4 Å². The maximum Gasteiger partial charge on any atom is 0.321 e. The summed E-state index contributed by atoms with van der Waals surface area (Å²) < 4.78 is 89.2. The number of aliphatic hydroxyl groups is 17. The number of thioether (sulfide) groups is 2. The number of rotatable bonds is 27. The average Bonchev–Trinajstić information content (AvgIpc) is 0.795. The third kappa shape index (κ3) is 21.1. The Morgan fingerprint density at radius 2 is 0.822 bits per heavy atom. The van der Waals surface area contributed by atoms with E-state index in [0.717, 1.165) is 23.5 Å². The van der Waals surface area contributed by atoms with E-state index >= 15 is 0 Å². The number of Topliss-reactive ketones (excluding diaryl/α,β-unsaturated/α-hetero) is 2. The van der Waals surface area contributed by atoms with Gasteiger partial charge in [-0.25, -0.2) is 0 Å². The molecule has 0 aromatic carbocycles. The largest absolute Gasteiger partial charge is 0.481 e. The normalized spacial score (nSPS) is 44.0. The lowest BCUT2D eigenvalue weighted by molar-refractivity contribution is -0.385. The number of carbonyl (C=O) groups is 4. The molecule has 21 aliphatic rings. The first-order valence-electron chi connectivity index (χ1n) is 33.4. The van der Waals surface area contributed by atoms with Gasteiger partial charge in [0.05, 0.1) is 89.3 Å². The summed E-state index contributed by atoms with van der Waals surface area (Å²) in [4.78, 5) is 48.7. The molecule has 20 aliphatic heterocycles. The lowest BCUT2D eigenvalue weighted by atomic mass is 9.80. The van der Waals surface area contributed by atoms with Crippen LogP contribution < -0.4 is 5.32 Å². The van der Waals surface area contributed by atoms with Crippen LogP contribution >= 0.6 is 23.5 Å². The first-order valence-corrected chi connectivity index (χ1v) is 35.7. The highest BCUT2D eigenvalue weighted by molar-refractivity contribution is 7.99. The Morgan fingerprint density at radius 3 is 1.26 bits per heavy atom. The van der Waals surface area contributed by atoms with Crippen molar-refractivity contribution in [1.82, 2.24) is 5.32 Å². The van der Waals surface area contributed by atoms with Crippen LogP contribution in [0.2, 0.25) is 0 Å². The van der Waals surface area contributed by atoms with Gasteiger partial charge in [-0.2, -0.15) is 23.5 Å². The number of hydrogen-bond acceptors (Lipinski definition) is 39. The summed E-state index contributed by atoms with van der Waals surface area (Å²) in [7, 11) is 1.39. The molecule has 584 valence electrons. The van der Waals surface area contributed by atoms with Gasteiger partial charge >= 0.3 is 11.9 Å². The van der Waals surface area contributed by atoms with E-state index in [9.17, 15) is 116 Å². The van der Waals surface area contributed by atoms with Crippen molar-refractivity contribution in [2.75, 3.05) is 89.5 Å². The van der Waals surface area contributed by atoms with E-state index in [0.29, 0.717) is 0 Å². The van der Waals surface area contributed by atoms with Gasteiger partial charge in [0.2, 0.25) is 0 Å².